The van der Waals surface area contributed by atoms with Crippen molar-refractivity contribution in [3.8, 4) is 0 Å². The van der Waals surface area contributed by atoms with Crippen molar-refractivity contribution in [3.05, 3.63) is 35.4 Å². The highest BCUT2D eigenvalue weighted by atomic mass is 32.2. The molecule has 8 nitrogen and oxygen atoms in total. The molecule has 2 fully saturated rings. The molecule has 24 heavy (non-hydrogen) atoms. The average molecular weight is 374 g/mol. The Morgan fingerprint density at radius 2 is 1.08 bits per heavy atom. The fourth-order valence-electron chi connectivity index (χ4n) is 2.69. The number of Topliss-reactive ketones (excluding diaryl/α,β-unsaturated/α-hetero) is 2. The van der Waals surface area contributed by atoms with E-state index in [0.29, 0.717) is 0 Å². The van der Waals surface area contributed by atoms with Crippen molar-refractivity contribution in [3.63, 3.8) is 0 Å². The highest BCUT2D eigenvalue weighted by Gasteiger charge is 2.40. The Morgan fingerprint density at radius 3 is 1.33 bits per heavy atom. The minimum Gasteiger partial charge on any atom is -0.293 e. The van der Waals surface area contributed by atoms with E-state index in [1.165, 1.54) is 24.3 Å². The van der Waals surface area contributed by atoms with E-state index in [4.69, 9.17) is 0 Å². The maximum atomic E-state index is 12.2. The van der Waals surface area contributed by atoms with Gasteiger partial charge in [-0.3, -0.25) is 18.0 Å². The van der Waals surface area contributed by atoms with Crippen LogP contribution in [0.5, 0.6) is 0 Å². The summed E-state index contributed by atoms with van der Waals surface area (Å²) < 4.78 is 55.6. The Bertz CT molecular complexity index is 808. The molecule has 0 bridgehead atoms. The second kappa shape index (κ2) is 6.03. The second-order valence-electron chi connectivity index (χ2n) is 5.49. The van der Waals surface area contributed by atoms with Gasteiger partial charge in [-0.1, -0.05) is 24.3 Å². The molecule has 0 aromatic heterocycles. The van der Waals surface area contributed by atoms with Crippen LogP contribution in [0.2, 0.25) is 0 Å². The smallest absolute Gasteiger partial charge is 0.277 e. The van der Waals surface area contributed by atoms with Crippen LogP contribution < -0.4 is 0 Å². The normalized spacial score (nSPS) is 27.8. The molecule has 0 aliphatic carbocycles. The molecular formula is C14H14O8S2. The monoisotopic (exact) mass is 374 g/mol. The largest absolute Gasteiger partial charge is 0.293 e. The van der Waals surface area contributed by atoms with Gasteiger partial charge in [0.05, 0.1) is 13.2 Å². The standard InChI is InChI=1S/C14H14O8S2/c15-13(11-5-7-21-23(11,17)18)9-1-2-10(4-3-9)14(16)12-6-8-22-24(12,19)20/h1-4,11-12H,5-8H2. The molecule has 2 heterocycles. The van der Waals surface area contributed by atoms with Crippen LogP contribution in [0.1, 0.15) is 33.6 Å². The third-order valence-electron chi connectivity index (χ3n) is 3.99. The summed E-state index contributed by atoms with van der Waals surface area (Å²) in [5.74, 6) is -1.22. The van der Waals surface area contributed by atoms with Gasteiger partial charge in [-0.15, -0.1) is 0 Å². The predicted molar refractivity (Wildman–Crippen MR) is 81.7 cm³/mol. The Kier molecular flexibility index (Phi) is 4.32. The molecule has 0 spiro atoms. The third kappa shape index (κ3) is 3.02. The van der Waals surface area contributed by atoms with E-state index >= 15 is 0 Å². The van der Waals surface area contributed by atoms with Gasteiger partial charge < -0.3 is 0 Å². The van der Waals surface area contributed by atoms with Crippen molar-refractivity contribution >= 4 is 31.8 Å². The van der Waals surface area contributed by atoms with Crippen LogP contribution in [-0.2, 0) is 28.6 Å². The summed E-state index contributed by atoms with van der Waals surface area (Å²) in [7, 11) is -7.80. The van der Waals surface area contributed by atoms with Crippen molar-refractivity contribution in [2.75, 3.05) is 13.2 Å². The van der Waals surface area contributed by atoms with E-state index in [0.717, 1.165) is 0 Å². The van der Waals surface area contributed by atoms with Crippen LogP contribution in [0.15, 0.2) is 24.3 Å². The maximum absolute atomic E-state index is 12.2. The van der Waals surface area contributed by atoms with Gasteiger partial charge in [0.25, 0.3) is 20.2 Å². The minimum atomic E-state index is -3.90. The fourth-order valence-corrected chi connectivity index (χ4v) is 5.24. The summed E-state index contributed by atoms with van der Waals surface area (Å²) in [5, 5.41) is -2.50. The molecule has 10 heteroatoms. The first-order valence-corrected chi connectivity index (χ1v) is 10.1. The summed E-state index contributed by atoms with van der Waals surface area (Å²) in [6.45, 7) is -0.0658. The van der Waals surface area contributed by atoms with Crippen LogP contribution in [0.4, 0.5) is 0 Å². The van der Waals surface area contributed by atoms with E-state index in [1.54, 1.807) is 0 Å². The van der Waals surface area contributed by atoms with E-state index in [1.807, 2.05) is 0 Å². The second-order valence-corrected chi connectivity index (χ2v) is 9.07. The highest BCUT2D eigenvalue weighted by molar-refractivity contribution is 7.88. The number of ketones is 2. The lowest BCUT2D eigenvalue weighted by Gasteiger charge is -2.09. The molecule has 0 N–H and O–H groups in total. The molecule has 2 saturated heterocycles. The molecule has 2 unspecified atom stereocenters. The Hall–Kier alpha value is -1.62. The molecule has 130 valence electrons. The molecule has 1 aromatic carbocycles. The minimum absolute atomic E-state index is 0.0329. The number of carbonyl (C=O) groups excluding carboxylic acids is 2. The Morgan fingerprint density at radius 1 is 0.750 bits per heavy atom. The number of benzene rings is 1. The van der Waals surface area contributed by atoms with Gasteiger partial charge in [0.2, 0.25) is 0 Å². The van der Waals surface area contributed by atoms with Gasteiger partial charge in [0.1, 0.15) is 0 Å². The van der Waals surface area contributed by atoms with Crippen LogP contribution in [0.25, 0.3) is 0 Å². The summed E-state index contributed by atoms with van der Waals surface area (Å²) in [5.41, 5.74) is 0.243. The fraction of sp³-hybridized carbons (Fsp3) is 0.429. The number of hydrogen-bond donors (Lipinski definition) is 0. The highest BCUT2D eigenvalue weighted by Crippen LogP contribution is 2.24. The molecule has 2 atom stereocenters. The van der Waals surface area contributed by atoms with Crippen LogP contribution in [-0.4, -0.2) is 52.1 Å². The summed E-state index contributed by atoms with van der Waals surface area (Å²) in [6.07, 6.45) is 0.166. The van der Waals surface area contributed by atoms with E-state index < -0.39 is 42.3 Å². The van der Waals surface area contributed by atoms with Crippen LogP contribution >= 0.6 is 0 Å². The Labute approximate surface area is 139 Å². The van der Waals surface area contributed by atoms with E-state index in [9.17, 15) is 26.4 Å². The molecule has 2 aliphatic rings. The molecular weight excluding hydrogens is 360 g/mol. The number of carbonyl (C=O) groups is 2. The third-order valence-corrected chi connectivity index (χ3v) is 7.27. The number of hydrogen-bond acceptors (Lipinski definition) is 8. The van der Waals surface area contributed by atoms with Crippen LogP contribution in [0, 0.1) is 0 Å². The van der Waals surface area contributed by atoms with E-state index in [2.05, 4.69) is 8.37 Å². The topological polar surface area (TPSA) is 121 Å². The maximum Gasteiger partial charge on any atom is 0.277 e. The van der Waals surface area contributed by atoms with E-state index in [-0.39, 0.29) is 37.2 Å². The molecule has 1 aromatic rings. The predicted octanol–water partition coefficient (Wildman–Crippen LogP) is 0.289. The Balaban J connectivity index is 1.81. The van der Waals surface area contributed by atoms with Crippen molar-refractivity contribution in [1.29, 1.82) is 0 Å². The summed E-state index contributed by atoms with van der Waals surface area (Å²) in [6, 6.07) is 5.25. The van der Waals surface area contributed by atoms with Gasteiger partial charge in [-0.05, 0) is 12.8 Å². The zero-order chi connectivity index (χ0) is 17.5. The lowest BCUT2D eigenvalue weighted by molar-refractivity contribution is 0.0975. The molecule has 0 saturated carbocycles. The zero-order valence-corrected chi connectivity index (χ0v) is 14.0. The number of rotatable bonds is 4. The van der Waals surface area contributed by atoms with Crippen molar-refractivity contribution < 1.29 is 34.8 Å². The first-order chi connectivity index (χ1) is 11.2. The van der Waals surface area contributed by atoms with Gasteiger partial charge in [-0.2, -0.15) is 16.8 Å². The summed E-state index contributed by atoms with van der Waals surface area (Å²) in [4.78, 5) is 24.5. The first kappa shape index (κ1) is 17.2. The molecule has 0 radical (unpaired) electrons. The molecule has 2 aliphatic heterocycles. The van der Waals surface area contributed by atoms with Crippen molar-refractivity contribution in [2.24, 2.45) is 0 Å². The van der Waals surface area contributed by atoms with Gasteiger partial charge in [0.15, 0.2) is 22.1 Å². The van der Waals surface area contributed by atoms with Crippen molar-refractivity contribution in [2.45, 2.75) is 23.3 Å². The summed E-state index contributed by atoms with van der Waals surface area (Å²) >= 11 is 0. The molecule has 3 rings (SSSR count). The lowest BCUT2D eigenvalue weighted by Crippen LogP contribution is -2.27. The van der Waals surface area contributed by atoms with Gasteiger partial charge >= 0.3 is 0 Å². The van der Waals surface area contributed by atoms with Gasteiger partial charge in [-0.25, -0.2) is 0 Å². The SMILES string of the molecule is O=C(c1ccc(C(=O)C2CCOS2(=O)=O)cc1)C1CCOS1(=O)=O. The first-order valence-electron chi connectivity index (χ1n) is 7.17. The average Bonchev–Trinajstić information content (AvgIpc) is 3.07. The van der Waals surface area contributed by atoms with Crippen molar-refractivity contribution in [1.82, 2.24) is 0 Å². The lowest BCUT2D eigenvalue weighted by atomic mass is 10.0. The van der Waals surface area contributed by atoms with Gasteiger partial charge in [0, 0.05) is 11.1 Å². The zero-order valence-electron chi connectivity index (χ0n) is 12.4. The van der Waals surface area contributed by atoms with Crippen LogP contribution in [0.3, 0.4) is 0 Å². The quantitative estimate of drug-likeness (QED) is 0.544. The molecule has 0 amide bonds.